The molecule has 0 aliphatic carbocycles. The van der Waals surface area contributed by atoms with Crippen LogP contribution in [0.4, 0.5) is 0 Å². The van der Waals surface area contributed by atoms with Crippen LogP contribution in [-0.4, -0.2) is 0 Å². The zero-order chi connectivity index (χ0) is 15.3. The summed E-state index contributed by atoms with van der Waals surface area (Å²) in [6, 6.07) is 0. The zero-order valence-corrected chi connectivity index (χ0v) is 15.3. The molecule has 0 N–H and O–H groups in total. The van der Waals surface area contributed by atoms with Gasteiger partial charge in [0.15, 0.2) is 0 Å². The summed E-state index contributed by atoms with van der Waals surface area (Å²) in [6.45, 7) is 22.0. The Morgan fingerprint density at radius 1 is 0.737 bits per heavy atom. The van der Waals surface area contributed by atoms with Crippen LogP contribution < -0.4 is 0 Å². The van der Waals surface area contributed by atoms with Crippen LogP contribution in [0, 0.1) is 22.2 Å². The van der Waals surface area contributed by atoms with Crippen molar-refractivity contribution in [2.45, 2.75) is 101 Å². The SMILES string of the molecule is CCCC(C(C)(C)C)C(C)(CC)C(C)(CC)CCC. The van der Waals surface area contributed by atoms with Gasteiger partial charge in [0.1, 0.15) is 0 Å². The van der Waals surface area contributed by atoms with E-state index in [-0.39, 0.29) is 0 Å². The van der Waals surface area contributed by atoms with Gasteiger partial charge in [0, 0.05) is 0 Å². The maximum Gasteiger partial charge on any atom is -0.0241 e. The summed E-state index contributed by atoms with van der Waals surface area (Å²) in [6.07, 6.45) is 7.96. The van der Waals surface area contributed by atoms with Gasteiger partial charge in [-0.2, -0.15) is 0 Å². The first-order valence-corrected chi connectivity index (χ1v) is 8.62. The average molecular weight is 269 g/mol. The van der Waals surface area contributed by atoms with Crippen LogP contribution in [0.25, 0.3) is 0 Å². The van der Waals surface area contributed by atoms with E-state index in [1.54, 1.807) is 0 Å². The van der Waals surface area contributed by atoms with Gasteiger partial charge in [-0.1, -0.05) is 81.6 Å². The summed E-state index contributed by atoms with van der Waals surface area (Å²) in [5.74, 6) is 0.812. The van der Waals surface area contributed by atoms with Crippen LogP contribution in [-0.2, 0) is 0 Å². The first kappa shape index (κ1) is 19.0. The van der Waals surface area contributed by atoms with Gasteiger partial charge < -0.3 is 0 Å². The Bertz CT molecular complexity index is 247. The molecule has 0 heterocycles. The minimum absolute atomic E-state index is 0.408. The predicted molar refractivity (Wildman–Crippen MR) is 89.6 cm³/mol. The first-order valence-electron chi connectivity index (χ1n) is 8.62. The molecule has 0 aromatic heterocycles. The van der Waals surface area contributed by atoms with Gasteiger partial charge in [0.2, 0.25) is 0 Å². The molecule has 0 amide bonds. The third-order valence-corrected chi connectivity index (χ3v) is 6.09. The molecule has 3 atom stereocenters. The summed E-state index contributed by atoms with van der Waals surface area (Å²) in [5, 5.41) is 0. The second kappa shape index (κ2) is 7.14. The van der Waals surface area contributed by atoms with Gasteiger partial charge in [0.05, 0.1) is 0 Å². The van der Waals surface area contributed by atoms with Gasteiger partial charge in [-0.05, 0) is 41.4 Å². The van der Waals surface area contributed by atoms with E-state index in [4.69, 9.17) is 0 Å². The van der Waals surface area contributed by atoms with Crippen molar-refractivity contribution in [3.8, 4) is 0 Å². The van der Waals surface area contributed by atoms with E-state index >= 15 is 0 Å². The molecule has 116 valence electrons. The molecule has 0 aromatic rings. The maximum absolute atomic E-state index is 2.58. The van der Waals surface area contributed by atoms with Crippen LogP contribution in [0.5, 0.6) is 0 Å². The molecule has 0 saturated heterocycles. The molecule has 0 aliphatic heterocycles. The van der Waals surface area contributed by atoms with Crippen molar-refractivity contribution in [1.29, 1.82) is 0 Å². The van der Waals surface area contributed by atoms with Gasteiger partial charge in [-0.3, -0.25) is 0 Å². The molecule has 0 spiro atoms. The number of hydrogen-bond donors (Lipinski definition) is 0. The fourth-order valence-electron chi connectivity index (χ4n) is 4.51. The molecule has 0 aliphatic rings. The molecule has 0 heteroatoms. The Labute approximate surface area is 123 Å². The Balaban J connectivity index is 5.62. The molecule has 0 aromatic carbocycles. The van der Waals surface area contributed by atoms with Crippen molar-refractivity contribution >= 4 is 0 Å². The lowest BCUT2D eigenvalue weighted by atomic mass is 9.50. The smallest absolute Gasteiger partial charge is 0.0241 e. The Hall–Kier alpha value is 0. The normalized spacial score (nSPS) is 20.7. The molecule has 0 saturated carbocycles. The van der Waals surface area contributed by atoms with E-state index in [1.165, 1.54) is 38.5 Å². The summed E-state index contributed by atoms with van der Waals surface area (Å²) in [5.41, 5.74) is 1.33. The molecule has 0 fully saturated rings. The molecule has 0 rings (SSSR count). The second-order valence-corrected chi connectivity index (χ2v) is 8.14. The van der Waals surface area contributed by atoms with E-state index in [9.17, 15) is 0 Å². The predicted octanol–water partition coefficient (Wildman–Crippen LogP) is 7.08. The lowest BCUT2D eigenvalue weighted by Gasteiger charge is -2.55. The Morgan fingerprint density at radius 3 is 1.53 bits per heavy atom. The molecule has 0 nitrogen and oxygen atoms in total. The third kappa shape index (κ3) is 3.99. The monoisotopic (exact) mass is 268 g/mol. The second-order valence-electron chi connectivity index (χ2n) is 8.14. The Morgan fingerprint density at radius 2 is 1.26 bits per heavy atom. The quantitative estimate of drug-likeness (QED) is 0.441. The summed E-state index contributed by atoms with van der Waals surface area (Å²) < 4.78 is 0. The average Bonchev–Trinajstić information content (AvgIpc) is 2.33. The summed E-state index contributed by atoms with van der Waals surface area (Å²) in [7, 11) is 0. The van der Waals surface area contributed by atoms with Crippen LogP contribution in [0.1, 0.15) is 101 Å². The van der Waals surface area contributed by atoms with Crippen LogP contribution in [0.3, 0.4) is 0 Å². The molecule has 0 bridgehead atoms. The highest BCUT2D eigenvalue weighted by Crippen LogP contribution is 2.58. The van der Waals surface area contributed by atoms with Crippen LogP contribution >= 0.6 is 0 Å². The minimum Gasteiger partial charge on any atom is -0.0654 e. The largest absolute Gasteiger partial charge is 0.0654 e. The minimum atomic E-state index is 0.408. The molecular weight excluding hydrogens is 228 g/mol. The standard InChI is InChI=1S/C19H40/c1-10-14-16(17(5,6)7)19(9,13-4)18(8,12-3)15-11-2/h16H,10-15H2,1-9H3. The lowest BCUT2D eigenvalue weighted by molar-refractivity contribution is -0.0603. The molecular formula is C19H40. The van der Waals surface area contributed by atoms with Gasteiger partial charge in [-0.25, -0.2) is 0 Å². The fourth-order valence-corrected chi connectivity index (χ4v) is 4.51. The van der Waals surface area contributed by atoms with E-state index < -0.39 is 0 Å². The number of rotatable bonds is 8. The third-order valence-electron chi connectivity index (χ3n) is 6.09. The van der Waals surface area contributed by atoms with Gasteiger partial charge in [-0.15, -0.1) is 0 Å². The van der Waals surface area contributed by atoms with Crippen molar-refractivity contribution in [2.24, 2.45) is 22.2 Å². The topological polar surface area (TPSA) is 0 Å². The van der Waals surface area contributed by atoms with Crippen molar-refractivity contribution in [3.63, 3.8) is 0 Å². The summed E-state index contributed by atoms with van der Waals surface area (Å²) in [4.78, 5) is 0. The van der Waals surface area contributed by atoms with Crippen molar-refractivity contribution in [3.05, 3.63) is 0 Å². The highest BCUT2D eigenvalue weighted by molar-refractivity contribution is 4.98. The first-order chi connectivity index (χ1) is 8.62. The van der Waals surface area contributed by atoms with E-state index in [0.29, 0.717) is 16.2 Å². The van der Waals surface area contributed by atoms with Crippen LogP contribution in [0.15, 0.2) is 0 Å². The highest BCUT2D eigenvalue weighted by Gasteiger charge is 2.49. The van der Waals surface area contributed by atoms with Crippen molar-refractivity contribution < 1.29 is 0 Å². The van der Waals surface area contributed by atoms with Crippen molar-refractivity contribution in [1.82, 2.24) is 0 Å². The van der Waals surface area contributed by atoms with Crippen molar-refractivity contribution in [2.75, 3.05) is 0 Å². The molecule has 19 heavy (non-hydrogen) atoms. The van der Waals surface area contributed by atoms with Gasteiger partial charge >= 0.3 is 0 Å². The fraction of sp³-hybridized carbons (Fsp3) is 1.00. The van der Waals surface area contributed by atoms with Gasteiger partial charge in [0.25, 0.3) is 0 Å². The highest BCUT2D eigenvalue weighted by atomic mass is 14.5. The lowest BCUT2D eigenvalue weighted by Crippen LogP contribution is -2.47. The Kier molecular flexibility index (Phi) is 7.14. The number of hydrogen-bond acceptors (Lipinski definition) is 0. The molecule has 3 unspecified atom stereocenters. The van der Waals surface area contributed by atoms with E-state index in [0.717, 1.165) is 5.92 Å². The maximum atomic E-state index is 2.58. The van der Waals surface area contributed by atoms with E-state index in [1.807, 2.05) is 0 Å². The van der Waals surface area contributed by atoms with Crippen LogP contribution in [0.2, 0.25) is 0 Å². The molecule has 0 radical (unpaired) electrons. The zero-order valence-electron chi connectivity index (χ0n) is 15.3. The van der Waals surface area contributed by atoms with E-state index in [2.05, 4.69) is 62.3 Å². The summed E-state index contributed by atoms with van der Waals surface area (Å²) >= 11 is 0.